The molecule has 0 N–H and O–H groups in total. The van der Waals surface area contributed by atoms with E-state index < -0.39 is 0 Å². The van der Waals surface area contributed by atoms with E-state index in [0.29, 0.717) is 10.9 Å². The molecule has 14 heavy (non-hydrogen) atoms. The van der Waals surface area contributed by atoms with E-state index in [1.807, 2.05) is 18.2 Å². The zero-order valence-electron chi connectivity index (χ0n) is 7.26. The van der Waals surface area contributed by atoms with Crippen LogP contribution < -0.4 is 0 Å². The van der Waals surface area contributed by atoms with Gasteiger partial charge in [0.25, 0.3) is 0 Å². The van der Waals surface area contributed by atoms with Gasteiger partial charge >= 0.3 is 0 Å². The van der Waals surface area contributed by atoms with Crippen molar-refractivity contribution in [2.24, 2.45) is 0 Å². The number of hydrogen-bond donors (Lipinski definition) is 1. The molecule has 2 rings (SSSR count). The SMILES string of the molecule is SCC=Cc1cnc2ccc(Cl)nn12. The van der Waals surface area contributed by atoms with Crippen LogP contribution in [0.5, 0.6) is 0 Å². The van der Waals surface area contributed by atoms with Gasteiger partial charge in [0.05, 0.1) is 11.9 Å². The first-order chi connectivity index (χ1) is 6.81. The van der Waals surface area contributed by atoms with Crippen LogP contribution in [0, 0.1) is 0 Å². The third-order valence-corrected chi connectivity index (χ3v) is 2.16. The Morgan fingerprint density at radius 3 is 3.14 bits per heavy atom. The Morgan fingerprint density at radius 1 is 1.50 bits per heavy atom. The highest BCUT2D eigenvalue weighted by molar-refractivity contribution is 7.80. The van der Waals surface area contributed by atoms with Gasteiger partial charge in [-0.3, -0.25) is 0 Å². The van der Waals surface area contributed by atoms with Crippen LogP contribution in [-0.4, -0.2) is 20.4 Å². The summed E-state index contributed by atoms with van der Waals surface area (Å²) < 4.78 is 1.70. The number of hydrogen-bond acceptors (Lipinski definition) is 3. The fraction of sp³-hybridized carbons (Fsp3) is 0.111. The molecule has 0 amide bonds. The summed E-state index contributed by atoms with van der Waals surface area (Å²) in [6.07, 6.45) is 5.59. The number of halogens is 1. The smallest absolute Gasteiger partial charge is 0.154 e. The molecule has 0 atom stereocenters. The van der Waals surface area contributed by atoms with Gasteiger partial charge in [0.15, 0.2) is 5.65 Å². The van der Waals surface area contributed by atoms with E-state index in [1.165, 1.54) is 0 Å². The number of fused-ring (bicyclic) bond motifs is 1. The molecule has 72 valence electrons. The molecule has 0 fully saturated rings. The summed E-state index contributed by atoms with van der Waals surface area (Å²) in [6.45, 7) is 0. The second-order valence-corrected chi connectivity index (χ2v) is 3.45. The Kier molecular flexibility index (Phi) is 2.74. The van der Waals surface area contributed by atoms with Crippen molar-refractivity contribution in [1.29, 1.82) is 0 Å². The minimum atomic E-state index is 0.455. The van der Waals surface area contributed by atoms with Gasteiger partial charge in [0.2, 0.25) is 0 Å². The van der Waals surface area contributed by atoms with E-state index in [0.717, 1.165) is 11.3 Å². The molecule has 0 aliphatic heterocycles. The van der Waals surface area contributed by atoms with Crippen LogP contribution in [0.2, 0.25) is 5.15 Å². The van der Waals surface area contributed by atoms with Crippen LogP contribution in [-0.2, 0) is 0 Å². The largest absolute Gasteiger partial charge is 0.235 e. The molecule has 2 aromatic heterocycles. The van der Waals surface area contributed by atoms with Crippen LogP contribution in [0.3, 0.4) is 0 Å². The van der Waals surface area contributed by atoms with Gasteiger partial charge in [-0.05, 0) is 18.2 Å². The van der Waals surface area contributed by atoms with Crippen molar-refractivity contribution in [3.05, 3.63) is 35.3 Å². The first-order valence-electron chi connectivity index (χ1n) is 4.09. The van der Waals surface area contributed by atoms with Crippen molar-refractivity contribution in [1.82, 2.24) is 14.6 Å². The molecule has 5 heteroatoms. The Hall–Kier alpha value is -1.00. The van der Waals surface area contributed by atoms with Crippen molar-refractivity contribution in [2.45, 2.75) is 0 Å². The number of rotatable bonds is 2. The molecule has 2 aromatic rings. The lowest BCUT2D eigenvalue weighted by molar-refractivity contribution is 0.926. The summed E-state index contributed by atoms with van der Waals surface area (Å²) in [7, 11) is 0. The summed E-state index contributed by atoms with van der Waals surface area (Å²) in [6, 6.07) is 3.55. The molecule has 0 unspecified atom stereocenters. The maximum absolute atomic E-state index is 5.78. The molecule has 0 aromatic carbocycles. The van der Waals surface area contributed by atoms with Crippen LogP contribution >= 0.6 is 24.2 Å². The zero-order chi connectivity index (χ0) is 9.97. The fourth-order valence-corrected chi connectivity index (χ4v) is 1.40. The van der Waals surface area contributed by atoms with E-state index in [1.54, 1.807) is 16.8 Å². The Labute approximate surface area is 91.8 Å². The Balaban J connectivity index is 2.55. The first-order valence-corrected chi connectivity index (χ1v) is 5.10. The van der Waals surface area contributed by atoms with E-state index in [2.05, 4.69) is 22.7 Å². The molecular weight excluding hydrogens is 218 g/mol. The quantitative estimate of drug-likeness (QED) is 0.796. The maximum Gasteiger partial charge on any atom is 0.154 e. The van der Waals surface area contributed by atoms with Gasteiger partial charge in [0, 0.05) is 5.75 Å². The van der Waals surface area contributed by atoms with Crippen LogP contribution in [0.4, 0.5) is 0 Å². The zero-order valence-corrected chi connectivity index (χ0v) is 8.91. The fourth-order valence-electron chi connectivity index (χ4n) is 1.16. The molecule has 0 aliphatic rings. The Morgan fingerprint density at radius 2 is 2.36 bits per heavy atom. The molecule has 0 bridgehead atoms. The average molecular weight is 226 g/mol. The van der Waals surface area contributed by atoms with Crippen LogP contribution in [0.25, 0.3) is 11.7 Å². The van der Waals surface area contributed by atoms with E-state index in [4.69, 9.17) is 11.6 Å². The van der Waals surface area contributed by atoms with Gasteiger partial charge in [-0.25, -0.2) is 9.50 Å². The highest BCUT2D eigenvalue weighted by atomic mass is 35.5. The van der Waals surface area contributed by atoms with Gasteiger partial charge in [-0.15, -0.1) is 0 Å². The summed E-state index contributed by atoms with van der Waals surface area (Å²) in [5, 5.41) is 4.59. The van der Waals surface area contributed by atoms with Crippen LogP contribution in [0.15, 0.2) is 24.4 Å². The van der Waals surface area contributed by atoms with Crippen molar-refractivity contribution in [3.8, 4) is 0 Å². The molecule has 3 nitrogen and oxygen atoms in total. The molecule has 0 saturated heterocycles. The summed E-state index contributed by atoms with van der Waals surface area (Å²) in [5.74, 6) is 0.688. The van der Waals surface area contributed by atoms with E-state index >= 15 is 0 Å². The lowest BCUT2D eigenvalue weighted by Gasteiger charge is -1.95. The number of nitrogens with zero attached hydrogens (tertiary/aromatic N) is 3. The lowest BCUT2D eigenvalue weighted by Crippen LogP contribution is -1.93. The highest BCUT2D eigenvalue weighted by Gasteiger charge is 2.01. The lowest BCUT2D eigenvalue weighted by atomic mass is 10.4. The maximum atomic E-state index is 5.78. The van der Waals surface area contributed by atoms with Crippen molar-refractivity contribution < 1.29 is 0 Å². The van der Waals surface area contributed by atoms with Gasteiger partial charge in [-0.1, -0.05) is 17.7 Å². The number of aromatic nitrogens is 3. The summed E-state index contributed by atoms with van der Waals surface area (Å²) >= 11 is 9.87. The summed E-state index contributed by atoms with van der Waals surface area (Å²) in [4.78, 5) is 4.18. The third kappa shape index (κ3) is 1.76. The second kappa shape index (κ2) is 4.02. The third-order valence-electron chi connectivity index (χ3n) is 1.75. The molecule has 0 aliphatic carbocycles. The first kappa shape index (κ1) is 9.55. The van der Waals surface area contributed by atoms with Crippen LogP contribution in [0.1, 0.15) is 5.69 Å². The van der Waals surface area contributed by atoms with Gasteiger partial charge in [0.1, 0.15) is 5.15 Å². The van der Waals surface area contributed by atoms with E-state index in [9.17, 15) is 0 Å². The second-order valence-electron chi connectivity index (χ2n) is 2.69. The number of thiol groups is 1. The topological polar surface area (TPSA) is 30.2 Å². The van der Waals surface area contributed by atoms with Gasteiger partial charge in [-0.2, -0.15) is 17.7 Å². The Bertz CT molecular complexity index is 478. The minimum Gasteiger partial charge on any atom is -0.235 e. The van der Waals surface area contributed by atoms with Crippen molar-refractivity contribution in [3.63, 3.8) is 0 Å². The predicted octanol–water partition coefficient (Wildman–Crippen LogP) is 2.33. The minimum absolute atomic E-state index is 0.455. The monoisotopic (exact) mass is 225 g/mol. The standard InChI is InChI=1S/C9H8ClN3S/c10-8-3-4-9-11-6-7(2-1-5-14)13(9)12-8/h1-4,6,14H,5H2. The predicted molar refractivity (Wildman–Crippen MR) is 60.9 cm³/mol. The number of imidazole rings is 1. The van der Waals surface area contributed by atoms with E-state index in [-0.39, 0.29) is 0 Å². The molecule has 0 spiro atoms. The molecule has 0 saturated carbocycles. The molecule has 0 radical (unpaired) electrons. The highest BCUT2D eigenvalue weighted by Crippen LogP contribution is 2.10. The van der Waals surface area contributed by atoms with Crippen molar-refractivity contribution in [2.75, 3.05) is 5.75 Å². The summed E-state index contributed by atoms with van der Waals surface area (Å²) in [5.41, 5.74) is 1.68. The van der Waals surface area contributed by atoms with Gasteiger partial charge < -0.3 is 0 Å². The normalized spacial score (nSPS) is 11.6. The molecule has 2 heterocycles. The molecular formula is C9H8ClN3S. The van der Waals surface area contributed by atoms with Crippen molar-refractivity contribution >= 4 is 36.0 Å². The average Bonchev–Trinajstić information content (AvgIpc) is 2.57.